The zero-order valence-corrected chi connectivity index (χ0v) is 15.0. The van der Waals surface area contributed by atoms with Crippen LogP contribution in [0.2, 0.25) is 0 Å². The first-order valence-electron chi connectivity index (χ1n) is 8.86. The Balaban J connectivity index is 1.90. The van der Waals surface area contributed by atoms with Gasteiger partial charge in [0.15, 0.2) is 0 Å². The van der Waals surface area contributed by atoms with Gasteiger partial charge in [-0.25, -0.2) is 4.79 Å². The minimum absolute atomic E-state index is 0.0429. The number of aliphatic hydroxyl groups excluding tert-OH is 1. The average molecular weight is 342 g/mol. The van der Waals surface area contributed by atoms with Crippen LogP contribution < -0.4 is 0 Å². The molecule has 0 aromatic carbocycles. The summed E-state index contributed by atoms with van der Waals surface area (Å²) in [6.45, 7) is 11.9. The van der Waals surface area contributed by atoms with E-state index < -0.39 is 0 Å². The van der Waals surface area contributed by atoms with E-state index in [-0.39, 0.29) is 24.1 Å². The molecule has 1 unspecified atom stereocenters. The predicted octanol–water partition coefficient (Wildman–Crippen LogP) is 4.67. The Kier molecular flexibility index (Phi) is 4.89. The Bertz CT molecular complexity index is 707. The van der Waals surface area contributed by atoms with Gasteiger partial charge < -0.3 is 14.6 Å². The lowest BCUT2D eigenvalue weighted by atomic mass is 9.88. The van der Waals surface area contributed by atoms with Crippen molar-refractivity contribution in [3.05, 3.63) is 59.1 Å². The standard InChI is InChI=1S/C21H26O4/c1-12-9-17-11-16(15(4)24-17)6-8-19(22)13(2)5-7-18-14(3)21(23)25-20(18)10-12/h10-11,17-18,20,22H,3-9H2,1-2H3/b12-10+,19-13-/t17?,18-,20+/m1/s1. The second kappa shape index (κ2) is 6.95. The van der Waals surface area contributed by atoms with Crippen LogP contribution in [-0.2, 0) is 14.3 Å². The molecule has 1 fully saturated rings. The van der Waals surface area contributed by atoms with Gasteiger partial charge in [-0.15, -0.1) is 0 Å². The van der Waals surface area contributed by atoms with E-state index in [2.05, 4.69) is 19.2 Å². The van der Waals surface area contributed by atoms with E-state index in [1.807, 2.05) is 19.9 Å². The lowest BCUT2D eigenvalue weighted by Gasteiger charge is -2.17. The molecule has 3 rings (SSSR count). The Hall–Kier alpha value is -2.23. The smallest absolute Gasteiger partial charge is 0.334 e. The van der Waals surface area contributed by atoms with E-state index in [1.54, 1.807) is 0 Å². The maximum absolute atomic E-state index is 11.9. The molecule has 2 heterocycles. The Morgan fingerprint density at radius 1 is 1.12 bits per heavy atom. The van der Waals surface area contributed by atoms with Crippen molar-refractivity contribution in [2.45, 2.75) is 58.2 Å². The van der Waals surface area contributed by atoms with Crippen molar-refractivity contribution in [1.82, 2.24) is 0 Å². The van der Waals surface area contributed by atoms with Crippen LogP contribution in [0.4, 0.5) is 0 Å². The minimum Gasteiger partial charge on any atom is -0.512 e. The quantitative estimate of drug-likeness (QED) is 0.395. The van der Waals surface area contributed by atoms with Gasteiger partial charge in [0.25, 0.3) is 0 Å². The third kappa shape index (κ3) is 3.73. The topological polar surface area (TPSA) is 55.8 Å². The molecule has 134 valence electrons. The lowest BCUT2D eigenvalue weighted by Crippen LogP contribution is -2.16. The molecule has 0 aromatic heterocycles. The summed E-state index contributed by atoms with van der Waals surface area (Å²) in [7, 11) is 0. The van der Waals surface area contributed by atoms with Crippen LogP contribution in [0.3, 0.4) is 0 Å². The van der Waals surface area contributed by atoms with Crippen LogP contribution in [0, 0.1) is 5.92 Å². The van der Waals surface area contributed by atoms with Gasteiger partial charge in [-0.3, -0.25) is 0 Å². The number of fused-ring (bicyclic) bond motifs is 2. The molecule has 0 amide bonds. The first kappa shape index (κ1) is 17.6. The number of carbonyl (C=O) groups excluding carboxylic acids is 1. The molecular weight excluding hydrogens is 316 g/mol. The third-order valence-corrected chi connectivity index (χ3v) is 5.31. The Morgan fingerprint density at radius 3 is 2.64 bits per heavy atom. The number of hydrogen-bond donors (Lipinski definition) is 1. The molecule has 0 spiro atoms. The largest absolute Gasteiger partial charge is 0.512 e. The monoisotopic (exact) mass is 342 g/mol. The van der Waals surface area contributed by atoms with Crippen LogP contribution in [0.15, 0.2) is 59.1 Å². The third-order valence-electron chi connectivity index (χ3n) is 5.31. The van der Waals surface area contributed by atoms with Gasteiger partial charge >= 0.3 is 5.97 Å². The van der Waals surface area contributed by atoms with E-state index in [1.165, 1.54) is 0 Å². The zero-order valence-electron chi connectivity index (χ0n) is 15.0. The van der Waals surface area contributed by atoms with E-state index in [9.17, 15) is 9.90 Å². The van der Waals surface area contributed by atoms with Crippen LogP contribution >= 0.6 is 0 Å². The summed E-state index contributed by atoms with van der Waals surface area (Å²) in [5.41, 5.74) is 3.67. The van der Waals surface area contributed by atoms with E-state index in [0.717, 1.165) is 36.0 Å². The van der Waals surface area contributed by atoms with Crippen molar-refractivity contribution in [3.8, 4) is 0 Å². The highest BCUT2D eigenvalue weighted by Crippen LogP contribution is 2.36. The highest BCUT2D eigenvalue weighted by molar-refractivity contribution is 5.91. The number of aliphatic hydroxyl groups is 1. The van der Waals surface area contributed by atoms with Crippen molar-refractivity contribution >= 4 is 5.97 Å². The van der Waals surface area contributed by atoms with Gasteiger partial charge in [-0.1, -0.05) is 18.7 Å². The van der Waals surface area contributed by atoms with Crippen molar-refractivity contribution in [2.75, 3.05) is 0 Å². The summed E-state index contributed by atoms with van der Waals surface area (Å²) in [5.74, 6) is 0.741. The molecule has 2 bridgehead atoms. The summed E-state index contributed by atoms with van der Waals surface area (Å²) >= 11 is 0. The highest BCUT2D eigenvalue weighted by atomic mass is 16.6. The van der Waals surface area contributed by atoms with Gasteiger partial charge in [0.2, 0.25) is 0 Å². The molecular formula is C21H26O4. The molecule has 0 radical (unpaired) electrons. The molecule has 0 saturated carbocycles. The van der Waals surface area contributed by atoms with Crippen LogP contribution in [-0.4, -0.2) is 23.3 Å². The van der Waals surface area contributed by atoms with Crippen molar-refractivity contribution in [1.29, 1.82) is 0 Å². The van der Waals surface area contributed by atoms with Gasteiger partial charge in [-0.05, 0) is 56.4 Å². The molecule has 1 saturated heterocycles. The van der Waals surface area contributed by atoms with Crippen LogP contribution in [0.1, 0.15) is 46.0 Å². The first-order valence-corrected chi connectivity index (χ1v) is 8.86. The van der Waals surface area contributed by atoms with Crippen molar-refractivity contribution in [2.24, 2.45) is 5.92 Å². The van der Waals surface area contributed by atoms with Crippen molar-refractivity contribution < 1.29 is 19.4 Å². The van der Waals surface area contributed by atoms with Gasteiger partial charge in [0, 0.05) is 24.3 Å². The first-order chi connectivity index (χ1) is 11.8. The molecule has 2 aliphatic heterocycles. The second-order valence-corrected chi connectivity index (χ2v) is 7.26. The maximum Gasteiger partial charge on any atom is 0.334 e. The molecule has 4 nitrogen and oxygen atoms in total. The lowest BCUT2D eigenvalue weighted by molar-refractivity contribution is -0.137. The van der Waals surface area contributed by atoms with Crippen LogP contribution in [0.25, 0.3) is 0 Å². The number of carbonyl (C=O) groups is 1. The van der Waals surface area contributed by atoms with Crippen LogP contribution in [0.5, 0.6) is 0 Å². The maximum atomic E-state index is 11.9. The molecule has 1 aliphatic carbocycles. The molecule has 1 N–H and O–H groups in total. The van der Waals surface area contributed by atoms with Gasteiger partial charge in [0.05, 0.1) is 5.76 Å². The van der Waals surface area contributed by atoms with E-state index >= 15 is 0 Å². The molecule has 25 heavy (non-hydrogen) atoms. The molecule has 4 heteroatoms. The number of allylic oxidation sites excluding steroid dienone is 3. The number of hydrogen-bond acceptors (Lipinski definition) is 4. The molecule has 0 aromatic rings. The Labute approximate surface area is 149 Å². The fraction of sp³-hybridized carbons (Fsp3) is 0.476. The van der Waals surface area contributed by atoms with Gasteiger partial charge in [-0.2, -0.15) is 0 Å². The summed E-state index contributed by atoms with van der Waals surface area (Å²) < 4.78 is 11.3. The fourth-order valence-corrected chi connectivity index (χ4v) is 3.70. The summed E-state index contributed by atoms with van der Waals surface area (Å²) in [6, 6.07) is 0. The summed E-state index contributed by atoms with van der Waals surface area (Å²) in [5, 5.41) is 10.4. The predicted molar refractivity (Wildman–Crippen MR) is 96.8 cm³/mol. The molecule has 3 atom stereocenters. The number of ether oxygens (including phenoxy) is 2. The average Bonchev–Trinajstić information content (AvgIpc) is 3.02. The van der Waals surface area contributed by atoms with Gasteiger partial charge in [0.1, 0.15) is 18.0 Å². The molecule has 3 aliphatic rings. The second-order valence-electron chi connectivity index (χ2n) is 7.26. The number of rotatable bonds is 0. The summed E-state index contributed by atoms with van der Waals surface area (Å²) in [4.78, 5) is 11.9. The summed E-state index contributed by atoms with van der Waals surface area (Å²) in [6.07, 6.45) is 7.26. The minimum atomic E-state index is -0.318. The van der Waals surface area contributed by atoms with E-state index in [0.29, 0.717) is 29.9 Å². The normalized spacial score (nSPS) is 35.9. The van der Waals surface area contributed by atoms with E-state index in [4.69, 9.17) is 9.47 Å². The zero-order chi connectivity index (χ0) is 18.1. The SMILES string of the molecule is C=C1OC2C=C1CC/C(O)=C(\C)CC[C@@H]1C(=C)C(=O)O[C@H]1/C=C(\C)C2. The number of esters is 1. The fourth-order valence-electron chi connectivity index (χ4n) is 3.70. The van der Waals surface area contributed by atoms with Crippen molar-refractivity contribution in [3.63, 3.8) is 0 Å². The highest BCUT2D eigenvalue weighted by Gasteiger charge is 2.37. The Morgan fingerprint density at radius 2 is 1.88 bits per heavy atom.